The van der Waals surface area contributed by atoms with Crippen LogP contribution in [0, 0.1) is 11.3 Å². The molecule has 2 amide bonds. The zero-order valence-electron chi connectivity index (χ0n) is 19.9. The van der Waals surface area contributed by atoms with E-state index in [-0.39, 0.29) is 35.4 Å². The van der Waals surface area contributed by atoms with Gasteiger partial charge in [-0.3, -0.25) is 14.5 Å². The monoisotopic (exact) mass is 423 g/mol. The number of nitrogens with zero attached hydrogens (tertiary/aromatic N) is 1. The Morgan fingerprint density at radius 1 is 1.07 bits per heavy atom. The summed E-state index contributed by atoms with van der Waals surface area (Å²) in [5, 5.41) is 15.1. The minimum atomic E-state index is -1.01. The summed E-state index contributed by atoms with van der Waals surface area (Å²) in [6, 6.07) is -1.12. The number of carbonyl (C=O) groups is 3. The van der Waals surface area contributed by atoms with Crippen LogP contribution < -0.4 is 10.6 Å². The molecule has 0 aromatic heterocycles. The Morgan fingerprint density at radius 2 is 1.67 bits per heavy atom. The van der Waals surface area contributed by atoms with Gasteiger partial charge in [0.25, 0.3) is 0 Å². The number of aliphatic carboxylic acids is 1. The summed E-state index contributed by atoms with van der Waals surface area (Å²) < 4.78 is 0. The molecule has 3 atom stereocenters. The number of carboxylic acid groups (broad SMARTS) is 1. The molecule has 172 valence electrons. The van der Waals surface area contributed by atoms with E-state index in [0.29, 0.717) is 0 Å². The van der Waals surface area contributed by atoms with Crippen molar-refractivity contribution in [1.29, 1.82) is 0 Å². The second-order valence-corrected chi connectivity index (χ2v) is 10.1. The summed E-state index contributed by atoms with van der Waals surface area (Å²) in [5.41, 5.74) is -0.315. The molecule has 0 aliphatic carbocycles. The van der Waals surface area contributed by atoms with E-state index in [1.54, 1.807) is 6.08 Å². The van der Waals surface area contributed by atoms with Crippen LogP contribution in [-0.4, -0.2) is 58.5 Å². The minimum Gasteiger partial charge on any atom is -0.478 e. The molecule has 1 aliphatic heterocycles. The molecular formula is C23H41N3O4. The van der Waals surface area contributed by atoms with Gasteiger partial charge in [0.15, 0.2) is 0 Å². The van der Waals surface area contributed by atoms with E-state index in [9.17, 15) is 19.5 Å². The summed E-state index contributed by atoms with van der Waals surface area (Å²) in [6.07, 6.45) is 4.44. The van der Waals surface area contributed by atoms with Crippen LogP contribution in [0.25, 0.3) is 0 Å². The Kier molecular flexibility index (Phi) is 9.53. The quantitative estimate of drug-likeness (QED) is 0.521. The first kappa shape index (κ1) is 26.1. The second kappa shape index (κ2) is 10.9. The molecule has 1 saturated heterocycles. The number of amides is 2. The fourth-order valence-corrected chi connectivity index (χ4v) is 3.76. The van der Waals surface area contributed by atoms with Gasteiger partial charge in [0, 0.05) is 11.6 Å². The van der Waals surface area contributed by atoms with E-state index in [4.69, 9.17) is 0 Å². The molecule has 0 aromatic rings. The van der Waals surface area contributed by atoms with E-state index in [0.717, 1.165) is 25.8 Å². The van der Waals surface area contributed by atoms with Crippen molar-refractivity contribution in [3.05, 3.63) is 11.6 Å². The molecular weight excluding hydrogens is 382 g/mol. The summed E-state index contributed by atoms with van der Waals surface area (Å²) >= 11 is 0. The first-order chi connectivity index (χ1) is 13.8. The number of likely N-dealkylation sites (tertiary alicyclic amines) is 1. The molecule has 7 nitrogen and oxygen atoms in total. The van der Waals surface area contributed by atoms with Crippen LogP contribution in [0.2, 0.25) is 0 Å². The van der Waals surface area contributed by atoms with E-state index < -0.39 is 23.5 Å². The lowest BCUT2D eigenvalue weighted by Crippen LogP contribution is -2.60. The average molecular weight is 424 g/mol. The molecule has 0 spiro atoms. The van der Waals surface area contributed by atoms with Crippen LogP contribution in [0.1, 0.15) is 74.7 Å². The normalized spacial score (nSPS) is 20.7. The lowest BCUT2D eigenvalue weighted by atomic mass is 9.85. The second-order valence-electron chi connectivity index (χ2n) is 10.1. The Labute approximate surface area is 181 Å². The fourth-order valence-electron chi connectivity index (χ4n) is 3.76. The predicted octanol–water partition coefficient (Wildman–Crippen LogP) is 2.95. The van der Waals surface area contributed by atoms with Crippen LogP contribution in [0.15, 0.2) is 11.6 Å². The van der Waals surface area contributed by atoms with Gasteiger partial charge in [0.05, 0.1) is 12.1 Å². The van der Waals surface area contributed by atoms with Crippen LogP contribution in [-0.2, 0) is 14.4 Å². The third-order valence-corrected chi connectivity index (χ3v) is 5.72. The molecule has 0 bridgehead atoms. The Morgan fingerprint density at radius 3 is 2.13 bits per heavy atom. The number of carboxylic acids is 1. The number of piperidine rings is 1. The first-order valence-corrected chi connectivity index (χ1v) is 11.0. The molecule has 1 heterocycles. The van der Waals surface area contributed by atoms with Gasteiger partial charge >= 0.3 is 5.97 Å². The van der Waals surface area contributed by atoms with Crippen LogP contribution in [0.5, 0.6) is 0 Å². The minimum absolute atomic E-state index is 0.00865. The lowest BCUT2D eigenvalue weighted by molar-refractivity contribution is -0.136. The number of carbonyl (C=O) groups excluding carboxylic acids is 2. The van der Waals surface area contributed by atoms with Gasteiger partial charge < -0.3 is 15.7 Å². The van der Waals surface area contributed by atoms with Crippen LogP contribution in [0.3, 0.4) is 0 Å². The van der Waals surface area contributed by atoms with E-state index in [1.807, 2.05) is 34.6 Å². The van der Waals surface area contributed by atoms with Crippen molar-refractivity contribution >= 4 is 17.8 Å². The molecule has 30 heavy (non-hydrogen) atoms. The molecule has 1 aliphatic rings. The van der Waals surface area contributed by atoms with Gasteiger partial charge in [-0.15, -0.1) is 0 Å². The molecule has 0 aromatic carbocycles. The predicted molar refractivity (Wildman–Crippen MR) is 119 cm³/mol. The number of nitrogens with one attached hydrogen (secondary N) is 2. The van der Waals surface area contributed by atoms with Crippen molar-refractivity contribution in [3.8, 4) is 0 Å². The summed E-state index contributed by atoms with van der Waals surface area (Å²) in [5.74, 6) is -1.41. The van der Waals surface area contributed by atoms with E-state index >= 15 is 0 Å². The van der Waals surface area contributed by atoms with Gasteiger partial charge in [-0.2, -0.15) is 0 Å². The van der Waals surface area contributed by atoms with Gasteiger partial charge in [0.1, 0.15) is 6.04 Å². The molecule has 3 N–H and O–H groups in total. The maximum atomic E-state index is 13.2. The van der Waals surface area contributed by atoms with Crippen molar-refractivity contribution in [3.63, 3.8) is 0 Å². The highest BCUT2D eigenvalue weighted by molar-refractivity contribution is 5.91. The van der Waals surface area contributed by atoms with Crippen molar-refractivity contribution in [2.24, 2.45) is 11.3 Å². The first-order valence-electron chi connectivity index (χ1n) is 11.0. The SMILES string of the molecule is C/C(=C\[C@@H](NC(=O)[C@@H](NC(=O)[C@H]1CCCCN1C(C)C)C(C)(C)C)C(C)C)C(=O)O. The van der Waals surface area contributed by atoms with E-state index in [1.165, 1.54) is 6.92 Å². The third kappa shape index (κ3) is 7.42. The molecule has 0 radical (unpaired) electrons. The van der Waals surface area contributed by atoms with Crippen molar-refractivity contribution in [2.45, 2.75) is 98.8 Å². The molecule has 7 heteroatoms. The zero-order chi connectivity index (χ0) is 23.2. The summed E-state index contributed by atoms with van der Waals surface area (Å²) in [4.78, 5) is 39.7. The van der Waals surface area contributed by atoms with Crippen molar-refractivity contribution in [2.75, 3.05) is 6.54 Å². The maximum absolute atomic E-state index is 13.2. The largest absolute Gasteiger partial charge is 0.478 e. The maximum Gasteiger partial charge on any atom is 0.331 e. The van der Waals surface area contributed by atoms with Gasteiger partial charge in [-0.1, -0.05) is 47.1 Å². The molecule has 1 rings (SSSR count). The highest BCUT2D eigenvalue weighted by Gasteiger charge is 2.37. The smallest absolute Gasteiger partial charge is 0.331 e. The van der Waals surface area contributed by atoms with Gasteiger partial charge in [-0.05, 0) is 51.5 Å². The lowest BCUT2D eigenvalue weighted by Gasteiger charge is -2.39. The van der Waals surface area contributed by atoms with Crippen molar-refractivity contribution < 1.29 is 19.5 Å². The zero-order valence-corrected chi connectivity index (χ0v) is 19.9. The third-order valence-electron chi connectivity index (χ3n) is 5.72. The highest BCUT2D eigenvalue weighted by atomic mass is 16.4. The Hall–Kier alpha value is -1.89. The molecule has 1 fully saturated rings. The number of rotatable bonds is 8. The van der Waals surface area contributed by atoms with Gasteiger partial charge in [0.2, 0.25) is 11.8 Å². The number of hydrogen-bond acceptors (Lipinski definition) is 4. The Bertz CT molecular complexity index is 649. The fraction of sp³-hybridized carbons (Fsp3) is 0.783. The molecule has 0 unspecified atom stereocenters. The van der Waals surface area contributed by atoms with Gasteiger partial charge in [-0.25, -0.2) is 4.79 Å². The standard InChI is InChI=1S/C23H41N3O4/c1-14(2)17(13-16(5)22(29)30)24-21(28)19(23(6,7)8)25-20(27)18-11-9-10-12-26(18)15(3)4/h13-15,17-19H,9-12H2,1-8H3,(H,24,28)(H,25,27)(H,29,30)/b16-13+/t17-,18-,19-/m1/s1. The Balaban J connectivity index is 3.03. The average Bonchev–Trinajstić information content (AvgIpc) is 2.63. The van der Waals surface area contributed by atoms with Crippen LogP contribution >= 0.6 is 0 Å². The van der Waals surface area contributed by atoms with Crippen LogP contribution in [0.4, 0.5) is 0 Å². The number of hydrogen-bond donors (Lipinski definition) is 3. The summed E-state index contributed by atoms with van der Waals surface area (Å²) in [6.45, 7) is 16.2. The van der Waals surface area contributed by atoms with E-state index in [2.05, 4.69) is 29.4 Å². The summed E-state index contributed by atoms with van der Waals surface area (Å²) in [7, 11) is 0. The molecule has 0 saturated carbocycles. The highest BCUT2D eigenvalue weighted by Crippen LogP contribution is 2.23. The van der Waals surface area contributed by atoms with Crippen molar-refractivity contribution in [1.82, 2.24) is 15.5 Å². The topological polar surface area (TPSA) is 98.7 Å².